The van der Waals surface area contributed by atoms with E-state index in [1.165, 1.54) is 6.33 Å². The molecule has 3 aromatic rings. The number of nitrogens with one attached hydrogen (secondary N) is 1. The second-order valence-corrected chi connectivity index (χ2v) is 7.12. The summed E-state index contributed by atoms with van der Waals surface area (Å²) in [7, 11) is 1.62. The first-order chi connectivity index (χ1) is 14.2. The Kier molecular flexibility index (Phi) is 5.46. The highest BCUT2D eigenvalue weighted by molar-refractivity contribution is 6.04. The first kappa shape index (κ1) is 19.0. The first-order valence-corrected chi connectivity index (χ1v) is 9.68. The molecule has 2 aromatic heterocycles. The van der Waals surface area contributed by atoms with Crippen molar-refractivity contribution in [2.75, 3.05) is 25.1 Å². The maximum atomic E-state index is 13.2. The van der Waals surface area contributed by atoms with E-state index >= 15 is 0 Å². The Hall–Kier alpha value is -3.36. The molecule has 1 fully saturated rings. The quantitative estimate of drug-likeness (QED) is 0.654. The van der Waals surface area contributed by atoms with E-state index < -0.39 is 0 Å². The number of carbonyl (C=O) groups excluding carboxylic acids is 1. The number of benzene rings is 1. The van der Waals surface area contributed by atoms with Crippen molar-refractivity contribution in [1.82, 2.24) is 25.2 Å². The maximum Gasteiger partial charge on any atom is 0.259 e. The molecule has 0 saturated carbocycles. The summed E-state index contributed by atoms with van der Waals surface area (Å²) < 4.78 is 12.6. The summed E-state index contributed by atoms with van der Waals surface area (Å²) in [5, 5.41) is 11.4. The van der Waals surface area contributed by atoms with Crippen LogP contribution in [0.25, 0.3) is 11.3 Å². The fourth-order valence-electron chi connectivity index (χ4n) is 3.52. The number of hydrogen-bond acceptors (Lipinski definition) is 7. The van der Waals surface area contributed by atoms with Crippen LogP contribution in [0.3, 0.4) is 0 Å². The zero-order chi connectivity index (χ0) is 20.2. The van der Waals surface area contributed by atoms with E-state index in [-0.39, 0.29) is 11.9 Å². The average molecular weight is 396 g/mol. The summed E-state index contributed by atoms with van der Waals surface area (Å²) in [5.74, 6) is 1.57. The van der Waals surface area contributed by atoms with E-state index in [1.54, 1.807) is 18.1 Å². The zero-order valence-corrected chi connectivity index (χ0v) is 16.5. The molecule has 1 unspecified atom stereocenters. The van der Waals surface area contributed by atoms with Crippen LogP contribution in [0.2, 0.25) is 0 Å². The van der Waals surface area contributed by atoms with Crippen LogP contribution >= 0.6 is 0 Å². The van der Waals surface area contributed by atoms with E-state index in [9.17, 15) is 4.79 Å². The van der Waals surface area contributed by atoms with Gasteiger partial charge in [-0.3, -0.25) is 9.48 Å². The standard InChI is InChI=1S/C20H24N6O3/c1-14(11-26-13-21-12-22-26)23-20(27)17-18(15-5-7-16(28-2)8-6-15)29-24-19(17)25-9-3-4-10-25/h5-8,12-14H,3-4,9-11H2,1-2H3,(H,23,27). The van der Waals surface area contributed by atoms with Gasteiger partial charge in [0, 0.05) is 24.7 Å². The molecule has 1 aliphatic rings. The molecule has 0 bridgehead atoms. The van der Waals surface area contributed by atoms with Gasteiger partial charge < -0.3 is 19.5 Å². The number of amides is 1. The van der Waals surface area contributed by atoms with Gasteiger partial charge in [0.2, 0.25) is 0 Å². The number of hydrogen-bond donors (Lipinski definition) is 1. The predicted octanol–water partition coefficient (Wildman–Crippen LogP) is 2.36. The minimum absolute atomic E-state index is 0.144. The van der Waals surface area contributed by atoms with Crippen LogP contribution in [-0.4, -0.2) is 52.1 Å². The van der Waals surface area contributed by atoms with Gasteiger partial charge in [-0.05, 0) is 44.0 Å². The highest BCUT2D eigenvalue weighted by Gasteiger charge is 2.29. The molecule has 1 saturated heterocycles. The van der Waals surface area contributed by atoms with Crippen LogP contribution < -0.4 is 15.0 Å². The molecule has 3 heterocycles. The van der Waals surface area contributed by atoms with E-state index in [0.29, 0.717) is 23.7 Å². The lowest BCUT2D eigenvalue weighted by Crippen LogP contribution is -2.36. The third-order valence-electron chi connectivity index (χ3n) is 4.96. The fraction of sp³-hybridized carbons (Fsp3) is 0.400. The summed E-state index contributed by atoms with van der Waals surface area (Å²) in [6.45, 7) is 4.18. The van der Waals surface area contributed by atoms with Gasteiger partial charge in [0.25, 0.3) is 5.91 Å². The van der Waals surface area contributed by atoms with Gasteiger partial charge in [0.1, 0.15) is 24.0 Å². The van der Waals surface area contributed by atoms with Crippen molar-refractivity contribution in [1.29, 1.82) is 0 Å². The zero-order valence-electron chi connectivity index (χ0n) is 16.5. The highest BCUT2D eigenvalue weighted by Crippen LogP contribution is 2.33. The lowest BCUT2D eigenvalue weighted by Gasteiger charge is -2.17. The minimum atomic E-state index is -0.216. The average Bonchev–Trinajstić information content (AvgIpc) is 3.48. The molecule has 1 aromatic carbocycles. The molecular formula is C20H24N6O3. The van der Waals surface area contributed by atoms with Crippen molar-refractivity contribution < 1.29 is 14.1 Å². The Labute approximate surface area is 168 Å². The molecule has 9 heteroatoms. The molecule has 4 rings (SSSR count). The molecule has 0 radical (unpaired) electrons. The van der Waals surface area contributed by atoms with Gasteiger partial charge in [0.05, 0.1) is 13.7 Å². The number of carbonyl (C=O) groups is 1. The molecule has 1 aliphatic heterocycles. The monoisotopic (exact) mass is 396 g/mol. The SMILES string of the molecule is COc1ccc(-c2onc(N3CCCC3)c2C(=O)NC(C)Cn2cncn2)cc1. The third-order valence-corrected chi connectivity index (χ3v) is 4.96. The minimum Gasteiger partial charge on any atom is -0.497 e. The smallest absolute Gasteiger partial charge is 0.259 e. The number of nitrogens with zero attached hydrogens (tertiary/aromatic N) is 5. The van der Waals surface area contributed by atoms with Crippen LogP contribution in [0.1, 0.15) is 30.1 Å². The van der Waals surface area contributed by atoms with Crippen molar-refractivity contribution in [2.45, 2.75) is 32.4 Å². The lowest BCUT2D eigenvalue weighted by atomic mass is 10.1. The lowest BCUT2D eigenvalue weighted by molar-refractivity contribution is 0.0936. The Morgan fingerprint density at radius 1 is 1.28 bits per heavy atom. The van der Waals surface area contributed by atoms with Crippen molar-refractivity contribution in [3.8, 4) is 17.1 Å². The second kappa shape index (κ2) is 8.34. The van der Waals surface area contributed by atoms with Crippen LogP contribution in [0, 0.1) is 0 Å². The first-order valence-electron chi connectivity index (χ1n) is 9.68. The largest absolute Gasteiger partial charge is 0.497 e. The van der Waals surface area contributed by atoms with Crippen LogP contribution in [0.15, 0.2) is 41.4 Å². The third kappa shape index (κ3) is 4.08. The van der Waals surface area contributed by atoms with Gasteiger partial charge in [-0.15, -0.1) is 0 Å². The van der Waals surface area contributed by atoms with Gasteiger partial charge in [-0.2, -0.15) is 5.10 Å². The Balaban J connectivity index is 1.62. The van der Waals surface area contributed by atoms with Crippen molar-refractivity contribution in [3.63, 3.8) is 0 Å². The topological polar surface area (TPSA) is 98.3 Å². The van der Waals surface area contributed by atoms with Gasteiger partial charge in [-0.1, -0.05) is 5.16 Å². The normalized spacial score (nSPS) is 14.8. The van der Waals surface area contributed by atoms with E-state index in [4.69, 9.17) is 9.26 Å². The van der Waals surface area contributed by atoms with Crippen molar-refractivity contribution in [3.05, 3.63) is 42.5 Å². The Bertz CT molecular complexity index is 945. The van der Waals surface area contributed by atoms with Crippen LogP contribution in [0.4, 0.5) is 5.82 Å². The Morgan fingerprint density at radius 2 is 2.03 bits per heavy atom. The predicted molar refractivity (Wildman–Crippen MR) is 107 cm³/mol. The van der Waals surface area contributed by atoms with Gasteiger partial charge in [-0.25, -0.2) is 4.98 Å². The van der Waals surface area contributed by atoms with Crippen LogP contribution in [0.5, 0.6) is 5.75 Å². The van der Waals surface area contributed by atoms with E-state index in [1.807, 2.05) is 31.2 Å². The van der Waals surface area contributed by atoms with Gasteiger partial charge >= 0.3 is 0 Å². The fourth-order valence-corrected chi connectivity index (χ4v) is 3.52. The molecule has 1 amide bonds. The molecule has 0 spiro atoms. The van der Waals surface area contributed by atoms with Crippen molar-refractivity contribution >= 4 is 11.7 Å². The summed E-state index contributed by atoms with van der Waals surface area (Å²) in [6.07, 6.45) is 5.26. The maximum absolute atomic E-state index is 13.2. The second-order valence-electron chi connectivity index (χ2n) is 7.12. The summed E-state index contributed by atoms with van der Waals surface area (Å²) in [4.78, 5) is 19.3. The number of anilines is 1. The number of ether oxygens (including phenoxy) is 1. The van der Waals surface area contributed by atoms with Gasteiger partial charge in [0.15, 0.2) is 11.6 Å². The van der Waals surface area contributed by atoms with Crippen LogP contribution in [-0.2, 0) is 6.54 Å². The molecule has 29 heavy (non-hydrogen) atoms. The molecule has 152 valence electrons. The number of rotatable bonds is 7. The molecule has 1 N–H and O–H groups in total. The Morgan fingerprint density at radius 3 is 2.69 bits per heavy atom. The molecular weight excluding hydrogens is 372 g/mol. The summed E-state index contributed by atoms with van der Waals surface area (Å²) >= 11 is 0. The summed E-state index contributed by atoms with van der Waals surface area (Å²) in [6, 6.07) is 7.25. The molecule has 1 atom stereocenters. The van der Waals surface area contributed by atoms with E-state index in [2.05, 4.69) is 25.5 Å². The number of methoxy groups -OCH3 is 1. The summed E-state index contributed by atoms with van der Waals surface area (Å²) in [5.41, 5.74) is 1.24. The molecule has 0 aliphatic carbocycles. The van der Waals surface area contributed by atoms with E-state index in [0.717, 1.165) is 37.2 Å². The number of aromatic nitrogens is 4. The molecule has 9 nitrogen and oxygen atoms in total. The highest BCUT2D eigenvalue weighted by atomic mass is 16.5. The van der Waals surface area contributed by atoms with Crippen molar-refractivity contribution in [2.24, 2.45) is 0 Å².